The van der Waals surface area contributed by atoms with Crippen LogP contribution in [-0.4, -0.2) is 18.8 Å². The predicted octanol–water partition coefficient (Wildman–Crippen LogP) is 3.45. The SMILES string of the molecule is CNC(C)CCCSc1ccc(F)c(F)c1. The summed E-state index contributed by atoms with van der Waals surface area (Å²) >= 11 is 1.56. The number of nitrogens with one attached hydrogen (secondary N) is 1. The molecule has 0 amide bonds. The van der Waals surface area contributed by atoms with Crippen LogP contribution in [0.15, 0.2) is 23.1 Å². The highest BCUT2D eigenvalue weighted by atomic mass is 32.2. The smallest absolute Gasteiger partial charge is 0.159 e. The molecule has 0 aliphatic carbocycles. The number of benzene rings is 1. The second-order valence-electron chi connectivity index (χ2n) is 3.76. The van der Waals surface area contributed by atoms with E-state index in [2.05, 4.69) is 12.2 Å². The molecule has 4 heteroatoms. The number of hydrogen-bond acceptors (Lipinski definition) is 2. The molecule has 1 rings (SSSR count). The number of thioether (sulfide) groups is 1. The van der Waals surface area contributed by atoms with E-state index in [1.807, 2.05) is 7.05 Å². The van der Waals surface area contributed by atoms with Crippen LogP contribution in [0.1, 0.15) is 19.8 Å². The first-order valence-corrected chi connectivity index (χ1v) is 6.37. The van der Waals surface area contributed by atoms with Crippen LogP contribution >= 0.6 is 11.8 Å². The molecular weight excluding hydrogens is 228 g/mol. The summed E-state index contributed by atoms with van der Waals surface area (Å²) in [6, 6.07) is 4.55. The van der Waals surface area contributed by atoms with Crippen LogP contribution in [-0.2, 0) is 0 Å². The molecule has 0 heterocycles. The number of rotatable bonds is 6. The van der Waals surface area contributed by atoms with Gasteiger partial charge in [0.2, 0.25) is 0 Å². The van der Waals surface area contributed by atoms with Crippen molar-refractivity contribution in [3.05, 3.63) is 29.8 Å². The third-order valence-electron chi connectivity index (χ3n) is 2.43. The second kappa shape index (κ2) is 6.86. The Bertz CT molecular complexity index is 331. The van der Waals surface area contributed by atoms with Crippen LogP contribution in [0, 0.1) is 11.6 Å². The number of hydrogen-bond donors (Lipinski definition) is 1. The molecule has 1 unspecified atom stereocenters. The van der Waals surface area contributed by atoms with Gasteiger partial charge in [0, 0.05) is 10.9 Å². The van der Waals surface area contributed by atoms with E-state index < -0.39 is 11.6 Å². The normalized spacial score (nSPS) is 12.8. The van der Waals surface area contributed by atoms with Crippen molar-refractivity contribution in [1.82, 2.24) is 5.32 Å². The van der Waals surface area contributed by atoms with Crippen molar-refractivity contribution < 1.29 is 8.78 Å². The van der Waals surface area contributed by atoms with Gasteiger partial charge in [-0.1, -0.05) is 0 Å². The Morgan fingerprint density at radius 3 is 2.69 bits per heavy atom. The molecule has 0 bridgehead atoms. The molecule has 0 saturated carbocycles. The Morgan fingerprint density at radius 1 is 1.31 bits per heavy atom. The number of halogens is 2. The summed E-state index contributed by atoms with van der Waals surface area (Å²) in [4.78, 5) is 0.788. The molecule has 0 aliphatic rings. The van der Waals surface area contributed by atoms with Crippen LogP contribution in [0.4, 0.5) is 8.78 Å². The molecule has 0 radical (unpaired) electrons. The van der Waals surface area contributed by atoms with E-state index >= 15 is 0 Å². The molecule has 1 atom stereocenters. The third-order valence-corrected chi connectivity index (χ3v) is 3.51. The zero-order valence-corrected chi connectivity index (χ0v) is 10.4. The van der Waals surface area contributed by atoms with E-state index in [1.54, 1.807) is 17.8 Å². The van der Waals surface area contributed by atoms with E-state index in [1.165, 1.54) is 12.1 Å². The van der Waals surface area contributed by atoms with E-state index in [-0.39, 0.29) is 0 Å². The van der Waals surface area contributed by atoms with Crippen molar-refractivity contribution in [1.29, 1.82) is 0 Å². The van der Waals surface area contributed by atoms with Gasteiger partial charge < -0.3 is 5.32 Å². The lowest BCUT2D eigenvalue weighted by atomic mass is 10.2. The van der Waals surface area contributed by atoms with Gasteiger partial charge in [0.25, 0.3) is 0 Å². The summed E-state index contributed by atoms with van der Waals surface area (Å²) in [6.07, 6.45) is 2.15. The zero-order chi connectivity index (χ0) is 12.0. The van der Waals surface area contributed by atoms with Crippen LogP contribution in [0.2, 0.25) is 0 Å². The topological polar surface area (TPSA) is 12.0 Å². The quantitative estimate of drug-likeness (QED) is 0.608. The van der Waals surface area contributed by atoms with Gasteiger partial charge in [0.05, 0.1) is 0 Å². The average molecular weight is 245 g/mol. The highest BCUT2D eigenvalue weighted by Crippen LogP contribution is 2.21. The molecule has 16 heavy (non-hydrogen) atoms. The fourth-order valence-corrected chi connectivity index (χ4v) is 2.19. The van der Waals surface area contributed by atoms with Gasteiger partial charge in [-0.25, -0.2) is 8.78 Å². The van der Waals surface area contributed by atoms with E-state index in [9.17, 15) is 8.78 Å². The molecule has 0 saturated heterocycles. The largest absolute Gasteiger partial charge is 0.317 e. The first kappa shape index (κ1) is 13.5. The van der Waals surface area contributed by atoms with Crippen molar-refractivity contribution >= 4 is 11.8 Å². The molecule has 0 aliphatic heterocycles. The molecule has 1 aromatic rings. The van der Waals surface area contributed by atoms with Gasteiger partial charge in [-0.3, -0.25) is 0 Å². The molecule has 1 N–H and O–H groups in total. The van der Waals surface area contributed by atoms with Crippen LogP contribution < -0.4 is 5.32 Å². The third kappa shape index (κ3) is 4.49. The standard InChI is InChI=1S/C12H17F2NS/c1-9(15-2)4-3-7-16-10-5-6-11(13)12(14)8-10/h5-6,8-9,15H,3-4,7H2,1-2H3. The average Bonchev–Trinajstić information content (AvgIpc) is 2.28. The minimum Gasteiger partial charge on any atom is -0.317 e. The first-order chi connectivity index (χ1) is 7.63. The minimum absolute atomic E-state index is 0.505. The first-order valence-electron chi connectivity index (χ1n) is 5.38. The summed E-state index contributed by atoms with van der Waals surface area (Å²) in [5.41, 5.74) is 0. The van der Waals surface area contributed by atoms with Gasteiger partial charge in [-0.05, 0) is 50.8 Å². The Balaban J connectivity index is 2.29. The molecule has 1 nitrogen and oxygen atoms in total. The maximum absolute atomic E-state index is 12.9. The van der Waals surface area contributed by atoms with Crippen LogP contribution in [0.5, 0.6) is 0 Å². The van der Waals surface area contributed by atoms with Crippen molar-refractivity contribution in [3.8, 4) is 0 Å². The van der Waals surface area contributed by atoms with Gasteiger partial charge in [-0.2, -0.15) is 0 Å². The van der Waals surface area contributed by atoms with Gasteiger partial charge in [0.1, 0.15) is 0 Å². The van der Waals surface area contributed by atoms with Crippen molar-refractivity contribution in [2.24, 2.45) is 0 Å². The van der Waals surface area contributed by atoms with Gasteiger partial charge in [-0.15, -0.1) is 11.8 Å². The molecule has 1 aromatic carbocycles. The maximum atomic E-state index is 12.9. The predicted molar refractivity (Wildman–Crippen MR) is 64.8 cm³/mol. The highest BCUT2D eigenvalue weighted by Gasteiger charge is 2.03. The summed E-state index contributed by atoms with van der Waals surface area (Å²) in [5, 5.41) is 3.16. The minimum atomic E-state index is -0.784. The second-order valence-corrected chi connectivity index (χ2v) is 4.92. The van der Waals surface area contributed by atoms with Gasteiger partial charge in [0.15, 0.2) is 11.6 Å². The van der Waals surface area contributed by atoms with E-state index in [0.717, 1.165) is 23.5 Å². The highest BCUT2D eigenvalue weighted by molar-refractivity contribution is 7.99. The van der Waals surface area contributed by atoms with E-state index in [4.69, 9.17) is 0 Å². The van der Waals surface area contributed by atoms with Crippen LogP contribution in [0.3, 0.4) is 0 Å². The molecule has 0 fully saturated rings. The Kier molecular flexibility index (Phi) is 5.77. The summed E-state index contributed by atoms with van der Waals surface area (Å²) in [5.74, 6) is -0.626. The summed E-state index contributed by atoms with van der Waals surface area (Å²) < 4.78 is 25.5. The summed E-state index contributed by atoms with van der Waals surface area (Å²) in [6.45, 7) is 2.13. The lowest BCUT2D eigenvalue weighted by molar-refractivity contribution is 0.506. The molecule has 0 spiro atoms. The van der Waals surface area contributed by atoms with Crippen LogP contribution in [0.25, 0.3) is 0 Å². The molecule has 0 aromatic heterocycles. The lowest BCUT2D eigenvalue weighted by Gasteiger charge is -2.09. The van der Waals surface area contributed by atoms with Crippen molar-refractivity contribution in [2.75, 3.05) is 12.8 Å². The summed E-state index contributed by atoms with van der Waals surface area (Å²) in [7, 11) is 1.94. The Hall–Kier alpha value is -0.610. The van der Waals surface area contributed by atoms with Crippen molar-refractivity contribution in [2.45, 2.75) is 30.7 Å². The fourth-order valence-electron chi connectivity index (χ4n) is 1.29. The lowest BCUT2D eigenvalue weighted by Crippen LogP contribution is -2.20. The Labute approximate surface area is 99.6 Å². The van der Waals surface area contributed by atoms with Crippen molar-refractivity contribution in [3.63, 3.8) is 0 Å². The fraction of sp³-hybridized carbons (Fsp3) is 0.500. The van der Waals surface area contributed by atoms with Gasteiger partial charge >= 0.3 is 0 Å². The zero-order valence-electron chi connectivity index (χ0n) is 9.59. The molecular formula is C12H17F2NS. The Morgan fingerprint density at radius 2 is 2.06 bits per heavy atom. The maximum Gasteiger partial charge on any atom is 0.159 e. The molecule has 90 valence electrons. The monoisotopic (exact) mass is 245 g/mol. The van der Waals surface area contributed by atoms with E-state index in [0.29, 0.717) is 6.04 Å².